The minimum atomic E-state index is -0.558. The van der Waals surface area contributed by atoms with Gasteiger partial charge in [-0.2, -0.15) is 0 Å². The minimum Gasteiger partial charge on any atom is -0.481 e. The van der Waals surface area contributed by atoms with Crippen molar-refractivity contribution in [3.63, 3.8) is 0 Å². The topological polar surface area (TPSA) is 72.9 Å². The molecule has 0 spiro atoms. The molecule has 0 bridgehead atoms. The number of hydrogen-bond donors (Lipinski definition) is 1. The van der Waals surface area contributed by atoms with Crippen LogP contribution in [0.1, 0.15) is 25.3 Å². The van der Waals surface area contributed by atoms with Gasteiger partial charge in [0.15, 0.2) is 5.79 Å². The SMILES string of the molecule is COc1cc(CNC(=O)N2CCCC(C3(C)OCCO3)C2)ccn1. The van der Waals surface area contributed by atoms with Crippen molar-refractivity contribution in [3.8, 4) is 5.88 Å². The number of piperidine rings is 1. The lowest BCUT2D eigenvalue weighted by atomic mass is 9.90. The third kappa shape index (κ3) is 3.79. The highest BCUT2D eigenvalue weighted by atomic mass is 16.7. The average Bonchev–Trinajstić information content (AvgIpc) is 3.08. The lowest BCUT2D eigenvalue weighted by Crippen LogP contribution is -2.51. The van der Waals surface area contributed by atoms with E-state index in [-0.39, 0.29) is 11.9 Å². The summed E-state index contributed by atoms with van der Waals surface area (Å²) in [5.41, 5.74) is 0.957. The van der Waals surface area contributed by atoms with Crippen molar-refractivity contribution < 1.29 is 19.0 Å². The maximum Gasteiger partial charge on any atom is 0.317 e. The number of pyridine rings is 1. The summed E-state index contributed by atoms with van der Waals surface area (Å²) in [6.45, 7) is 5.10. The van der Waals surface area contributed by atoms with E-state index in [0.29, 0.717) is 32.2 Å². The monoisotopic (exact) mass is 335 g/mol. The second-order valence-corrected chi connectivity index (χ2v) is 6.36. The Kier molecular flexibility index (Phi) is 5.20. The molecule has 2 aliphatic heterocycles. The quantitative estimate of drug-likeness (QED) is 0.908. The Hall–Kier alpha value is -1.86. The molecule has 3 rings (SSSR count). The fourth-order valence-corrected chi connectivity index (χ4v) is 3.32. The number of likely N-dealkylation sites (tertiary alicyclic amines) is 1. The van der Waals surface area contributed by atoms with Gasteiger partial charge in [0.05, 0.1) is 20.3 Å². The number of nitrogens with one attached hydrogen (secondary N) is 1. The van der Waals surface area contributed by atoms with Gasteiger partial charge in [0.25, 0.3) is 0 Å². The van der Waals surface area contributed by atoms with E-state index in [0.717, 1.165) is 24.9 Å². The molecule has 2 amide bonds. The van der Waals surface area contributed by atoms with Crippen molar-refractivity contribution in [2.24, 2.45) is 5.92 Å². The molecular formula is C17H25N3O4. The first-order valence-electron chi connectivity index (χ1n) is 8.40. The van der Waals surface area contributed by atoms with E-state index in [1.807, 2.05) is 24.0 Å². The van der Waals surface area contributed by atoms with Gasteiger partial charge < -0.3 is 24.4 Å². The summed E-state index contributed by atoms with van der Waals surface area (Å²) in [5, 5.41) is 2.97. The molecule has 0 aromatic carbocycles. The van der Waals surface area contributed by atoms with Gasteiger partial charge in [0.2, 0.25) is 5.88 Å². The Labute approximate surface area is 142 Å². The summed E-state index contributed by atoms with van der Waals surface area (Å²) in [6, 6.07) is 3.63. The number of amides is 2. The molecule has 7 nitrogen and oxygen atoms in total. The van der Waals surface area contributed by atoms with Crippen molar-refractivity contribution in [1.29, 1.82) is 0 Å². The third-order valence-electron chi connectivity index (χ3n) is 4.76. The zero-order valence-electron chi connectivity index (χ0n) is 14.3. The summed E-state index contributed by atoms with van der Waals surface area (Å²) < 4.78 is 16.6. The molecule has 132 valence electrons. The minimum absolute atomic E-state index is 0.0583. The number of carbonyl (C=O) groups is 1. The molecule has 0 saturated carbocycles. The second kappa shape index (κ2) is 7.36. The highest BCUT2D eigenvalue weighted by molar-refractivity contribution is 5.74. The van der Waals surface area contributed by atoms with Crippen LogP contribution in [-0.2, 0) is 16.0 Å². The van der Waals surface area contributed by atoms with Crippen LogP contribution < -0.4 is 10.1 Å². The molecular weight excluding hydrogens is 310 g/mol. The first-order valence-corrected chi connectivity index (χ1v) is 8.40. The molecule has 1 unspecified atom stereocenters. The molecule has 2 saturated heterocycles. The summed E-state index contributed by atoms with van der Waals surface area (Å²) in [6.07, 6.45) is 3.65. The summed E-state index contributed by atoms with van der Waals surface area (Å²) in [4.78, 5) is 18.4. The van der Waals surface area contributed by atoms with Gasteiger partial charge in [-0.1, -0.05) is 0 Å². The summed E-state index contributed by atoms with van der Waals surface area (Å²) >= 11 is 0. The van der Waals surface area contributed by atoms with Crippen LogP contribution in [0.3, 0.4) is 0 Å². The van der Waals surface area contributed by atoms with Crippen LogP contribution in [0.15, 0.2) is 18.3 Å². The van der Waals surface area contributed by atoms with Crippen LogP contribution >= 0.6 is 0 Å². The zero-order chi connectivity index (χ0) is 17.0. The van der Waals surface area contributed by atoms with Crippen LogP contribution in [0.2, 0.25) is 0 Å². The highest BCUT2D eigenvalue weighted by Crippen LogP contribution is 2.34. The van der Waals surface area contributed by atoms with Crippen LogP contribution in [-0.4, -0.2) is 55.1 Å². The Morgan fingerprint density at radius 3 is 3.04 bits per heavy atom. The zero-order valence-corrected chi connectivity index (χ0v) is 14.3. The third-order valence-corrected chi connectivity index (χ3v) is 4.76. The number of methoxy groups -OCH3 is 1. The van der Waals surface area contributed by atoms with E-state index >= 15 is 0 Å². The maximum atomic E-state index is 12.5. The van der Waals surface area contributed by atoms with Crippen molar-refractivity contribution in [3.05, 3.63) is 23.9 Å². The normalized spacial score (nSPS) is 23.1. The van der Waals surface area contributed by atoms with Gasteiger partial charge in [-0.15, -0.1) is 0 Å². The van der Waals surface area contributed by atoms with E-state index in [1.165, 1.54) is 0 Å². The number of rotatable bonds is 4. The van der Waals surface area contributed by atoms with Gasteiger partial charge >= 0.3 is 6.03 Å². The van der Waals surface area contributed by atoms with E-state index < -0.39 is 5.79 Å². The molecule has 1 N–H and O–H groups in total. The fraction of sp³-hybridized carbons (Fsp3) is 0.647. The summed E-state index contributed by atoms with van der Waals surface area (Å²) in [5.74, 6) is 0.195. The lowest BCUT2D eigenvalue weighted by Gasteiger charge is -2.39. The molecule has 1 aromatic heterocycles. The Bertz CT molecular complexity index is 575. The van der Waals surface area contributed by atoms with Crippen molar-refractivity contribution in [1.82, 2.24) is 15.2 Å². The van der Waals surface area contributed by atoms with Crippen LogP contribution in [0.4, 0.5) is 4.79 Å². The van der Waals surface area contributed by atoms with E-state index in [2.05, 4.69) is 10.3 Å². The van der Waals surface area contributed by atoms with E-state index in [9.17, 15) is 4.79 Å². The standard InChI is InChI=1S/C17H25N3O4/c1-17(23-8-9-24-17)14-4-3-7-20(12-14)16(21)19-11-13-5-6-18-15(10-13)22-2/h5-6,10,14H,3-4,7-9,11-12H2,1-2H3,(H,19,21). The highest BCUT2D eigenvalue weighted by Gasteiger charge is 2.42. The second-order valence-electron chi connectivity index (χ2n) is 6.36. The van der Waals surface area contributed by atoms with E-state index in [4.69, 9.17) is 14.2 Å². The molecule has 0 radical (unpaired) electrons. The predicted molar refractivity (Wildman–Crippen MR) is 87.6 cm³/mol. The van der Waals surface area contributed by atoms with Crippen molar-refractivity contribution in [2.75, 3.05) is 33.4 Å². The van der Waals surface area contributed by atoms with Crippen LogP contribution in [0, 0.1) is 5.92 Å². The van der Waals surface area contributed by atoms with Gasteiger partial charge in [-0.3, -0.25) is 0 Å². The number of ether oxygens (including phenoxy) is 3. The van der Waals surface area contributed by atoms with Crippen molar-refractivity contribution in [2.45, 2.75) is 32.1 Å². The van der Waals surface area contributed by atoms with Crippen LogP contribution in [0.25, 0.3) is 0 Å². The van der Waals surface area contributed by atoms with Crippen molar-refractivity contribution >= 4 is 6.03 Å². The smallest absolute Gasteiger partial charge is 0.317 e. The molecule has 1 atom stereocenters. The number of nitrogens with zero attached hydrogens (tertiary/aromatic N) is 2. The first kappa shape index (κ1) is 17.0. The molecule has 3 heterocycles. The molecule has 24 heavy (non-hydrogen) atoms. The van der Waals surface area contributed by atoms with E-state index in [1.54, 1.807) is 13.3 Å². The number of carbonyl (C=O) groups excluding carboxylic acids is 1. The van der Waals surface area contributed by atoms with Gasteiger partial charge in [0.1, 0.15) is 0 Å². The molecule has 7 heteroatoms. The lowest BCUT2D eigenvalue weighted by molar-refractivity contribution is -0.189. The van der Waals surface area contributed by atoms with Gasteiger partial charge in [0, 0.05) is 37.8 Å². The molecule has 2 fully saturated rings. The number of aromatic nitrogens is 1. The van der Waals surface area contributed by atoms with Gasteiger partial charge in [-0.25, -0.2) is 9.78 Å². The summed E-state index contributed by atoms with van der Waals surface area (Å²) in [7, 11) is 1.58. The maximum absolute atomic E-state index is 12.5. The Morgan fingerprint density at radius 2 is 2.29 bits per heavy atom. The first-order chi connectivity index (χ1) is 11.6. The largest absolute Gasteiger partial charge is 0.481 e. The molecule has 1 aromatic rings. The van der Waals surface area contributed by atoms with Gasteiger partial charge in [-0.05, 0) is 31.4 Å². The van der Waals surface area contributed by atoms with Crippen LogP contribution in [0.5, 0.6) is 5.88 Å². The number of hydrogen-bond acceptors (Lipinski definition) is 5. The Balaban J connectivity index is 1.54. The average molecular weight is 335 g/mol. The fourth-order valence-electron chi connectivity index (χ4n) is 3.32. The number of urea groups is 1. The predicted octanol–water partition coefficient (Wildman–Crippen LogP) is 1.77. The molecule has 0 aliphatic carbocycles. The molecule has 2 aliphatic rings. The Morgan fingerprint density at radius 1 is 1.50 bits per heavy atom.